The Morgan fingerprint density at radius 1 is 1.50 bits per heavy atom. The van der Waals surface area contributed by atoms with E-state index >= 15 is 0 Å². The fraction of sp³-hybridized carbons (Fsp3) is 0.625. The molecule has 0 rings (SSSR count). The second-order valence-electron chi connectivity index (χ2n) is 1.98. The predicted octanol–water partition coefficient (Wildman–Crippen LogP) is 2.15. The summed E-state index contributed by atoms with van der Waals surface area (Å²) in [5.41, 5.74) is 0.433. The second-order valence-corrected chi connectivity index (χ2v) is 1.98. The number of hydrogen-bond donors (Lipinski definition) is 0. The van der Waals surface area contributed by atoms with E-state index in [4.69, 9.17) is 0 Å². The smallest absolute Gasteiger partial charge is 0.332 e. The number of hydrogen-bond acceptors (Lipinski definition) is 2. The molecule has 0 radical (unpaired) electrons. The minimum atomic E-state index is -0.347. The van der Waals surface area contributed by atoms with Crippen LogP contribution in [-0.2, 0) is 9.53 Å². The van der Waals surface area contributed by atoms with Gasteiger partial charge in [0, 0.05) is 5.57 Å². The van der Waals surface area contributed by atoms with Crippen LogP contribution < -0.4 is 0 Å². The Labute approximate surface area is 62.9 Å². The van der Waals surface area contributed by atoms with Crippen LogP contribution in [0.15, 0.2) is 12.2 Å². The normalized spacial score (nSPS) is 7.20. The number of rotatable bonds is 1. The molecule has 0 bridgehead atoms. The van der Waals surface area contributed by atoms with E-state index in [1.807, 2.05) is 0 Å². The Bertz CT molecular complexity index is 106. The summed E-state index contributed by atoms with van der Waals surface area (Å²) in [6.45, 7) is 9.20. The monoisotopic (exact) mass is 144 g/mol. The molecule has 0 aromatic carbocycles. The van der Waals surface area contributed by atoms with Crippen LogP contribution in [0, 0.1) is 0 Å². The molecule has 0 aromatic rings. The van der Waals surface area contributed by atoms with Gasteiger partial charge in [-0.2, -0.15) is 0 Å². The van der Waals surface area contributed by atoms with Crippen molar-refractivity contribution >= 4 is 5.97 Å². The average molecular weight is 144 g/mol. The summed E-state index contributed by atoms with van der Waals surface area (Å²) >= 11 is 0. The predicted molar refractivity (Wildman–Crippen MR) is 42.8 cm³/mol. The van der Waals surface area contributed by atoms with Crippen LogP contribution in [-0.4, -0.2) is 13.1 Å². The zero-order chi connectivity index (χ0) is 8.57. The minimum Gasteiger partial charge on any atom is -0.466 e. The van der Waals surface area contributed by atoms with Crippen molar-refractivity contribution in [3.8, 4) is 0 Å². The van der Waals surface area contributed by atoms with E-state index in [-0.39, 0.29) is 5.97 Å². The molecule has 10 heavy (non-hydrogen) atoms. The van der Waals surface area contributed by atoms with Crippen molar-refractivity contribution in [1.82, 2.24) is 0 Å². The Hall–Kier alpha value is -0.790. The van der Waals surface area contributed by atoms with E-state index in [1.165, 1.54) is 13.5 Å². The summed E-state index contributed by atoms with van der Waals surface area (Å²) in [4.78, 5) is 10.2. The fourth-order valence-corrected chi connectivity index (χ4v) is 0.174. The molecule has 0 amide bonds. The van der Waals surface area contributed by atoms with Gasteiger partial charge in [0.1, 0.15) is 0 Å². The van der Waals surface area contributed by atoms with Crippen molar-refractivity contribution in [3.05, 3.63) is 12.2 Å². The van der Waals surface area contributed by atoms with E-state index in [2.05, 4.69) is 25.2 Å². The maximum atomic E-state index is 10.2. The Morgan fingerprint density at radius 3 is 1.80 bits per heavy atom. The third-order valence-electron chi connectivity index (χ3n) is 0.534. The van der Waals surface area contributed by atoms with Crippen molar-refractivity contribution in [2.75, 3.05) is 7.11 Å². The molecule has 0 fully saturated rings. The van der Waals surface area contributed by atoms with Crippen LogP contribution in [0.4, 0.5) is 0 Å². The van der Waals surface area contributed by atoms with Crippen molar-refractivity contribution in [1.29, 1.82) is 0 Å². The van der Waals surface area contributed by atoms with Gasteiger partial charge in [-0.05, 0) is 6.92 Å². The molecule has 0 atom stereocenters. The molecule has 0 aliphatic heterocycles. The van der Waals surface area contributed by atoms with Gasteiger partial charge in [-0.1, -0.05) is 26.8 Å². The number of carbonyl (C=O) groups is 1. The first-order chi connectivity index (χ1) is 4.59. The lowest BCUT2D eigenvalue weighted by atomic mass is 10.4. The quantitative estimate of drug-likeness (QED) is 0.416. The summed E-state index contributed by atoms with van der Waals surface area (Å²) in [6, 6.07) is 0. The third-order valence-corrected chi connectivity index (χ3v) is 0.534. The summed E-state index contributed by atoms with van der Waals surface area (Å²) in [5, 5.41) is 0. The Kier molecular flexibility index (Phi) is 9.80. The van der Waals surface area contributed by atoms with Crippen LogP contribution in [0.5, 0.6) is 0 Å². The zero-order valence-corrected chi connectivity index (χ0v) is 7.23. The summed E-state index contributed by atoms with van der Waals surface area (Å²) < 4.78 is 4.27. The molecule has 60 valence electrons. The molecular weight excluding hydrogens is 128 g/mol. The third kappa shape index (κ3) is 10.2. The van der Waals surface area contributed by atoms with E-state index < -0.39 is 0 Å². The van der Waals surface area contributed by atoms with Crippen LogP contribution in [0.2, 0.25) is 0 Å². The Balaban J connectivity index is 0. The highest BCUT2D eigenvalue weighted by Gasteiger charge is 1.95. The first kappa shape index (κ1) is 11.9. The highest BCUT2D eigenvalue weighted by Crippen LogP contribution is 1.87. The van der Waals surface area contributed by atoms with Crippen molar-refractivity contribution < 1.29 is 9.53 Å². The fourth-order valence-electron chi connectivity index (χ4n) is 0.174. The van der Waals surface area contributed by atoms with Crippen LogP contribution in [0.1, 0.15) is 27.2 Å². The van der Waals surface area contributed by atoms with Gasteiger partial charge in [-0.15, -0.1) is 0 Å². The van der Waals surface area contributed by atoms with E-state index in [0.29, 0.717) is 5.57 Å². The molecule has 0 saturated carbocycles. The highest BCUT2D eigenvalue weighted by molar-refractivity contribution is 5.86. The van der Waals surface area contributed by atoms with E-state index in [1.54, 1.807) is 6.92 Å². The number of methoxy groups -OCH3 is 1. The average Bonchev–Trinajstić information content (AvgIpc) is 1.88. The lowest BCUT2D eigenvalue weighted by Crippen LogP contribution is -1.98. The van der Waals surface area contributed by atoms with Crippen molar-refractivity contribution in [3.63, 3.8) is 0 Å². The van der Waals surface area contributed by atoms with Gasteiger partial charge in [0.15, 0.2) is 0 Å². The molecule has 2 nitrogen and oxygen atoms in total. The molecule has 0 spiro atoms. The van der Waals surface area contributed by atoms with E-state index in [9.17, 15) is 4.79 Å². The van der Waals surface area contributed by atoms with Gasteiger partial charge >= 0.3 is 5.97 Å². The lowest BCUT2D eigenvalue weighted by molar-refractivity contribution is -0.136. The molecule has 0 unspecified atom stereocenters. The van der Waals surface area contributed by atoms with Gasteiger partial charge in [-0.25, -0.2) is 4.79 Å². The summed E-state index contributed by atoms with van der Waals surface area (Å²) in [6.07, 6.45) is 1.25. The first-order valence-corrected chi connectivity index (χ1v) is 3.33. The molecule has 0 N–H and O–H groups in total. The largest absolute Gasteiger partial charge is 0.466 e. The highest BCUT2D eigenvalue weighted by atomic mass is 16.5. The van der Waals surface area contributed by atoms with Crippen molar-refractivity contribution in [2.45, 2.75) is 27.2 Å². The van der Waals surface area contributed by atoms with Crippen LogP contribution >= 0.6 is 0 Å². The maximum absolute atomic E-state index is 10.2. The molecule has 0 saturated heterocycles. The topological polar surface area (TPSA) is 26.3 Å². The molecule has 0 aromatic heterocycles. The van der Waals surface area contributed by atoms with Gasteiger partial charge in [0.25, 0.3) is 0 Å². The maximum Gasteiger partial charge on any atom is 0.332 e. The molecule has 0 aliphatic rings. The number of esters is 1. The van der Waals surface area contributed by atoms with Gasteiger partial charge < -0.3 is 4.74 Å². The number of carbonyl (C=O) groups excluding carboxylic acids is 1. The van der Waals surface area contributed by atoms with Crippen LogP contribution in [0.3, 0.4) is 0 Å². The zero-order valence-electron chi connectivity index (χ0n) is 7.23. The molecular formula is C8H16O2. The first-order valence-electron chi connectivity index (χ1n) is 3.33. The SMILES string of the molecule is C=C(C)C(=O)OC.CCC. The minimum absolute atomic E-state index is 0.347. The second kappa shape index (κ2) is 8.21. The van der Waals surface area contributed by atoms with Crippen LogP contribution in [0.25, 0.3) is 0 Å². The van der Waals surface area contributed by atoms with Gasteiger partial charge in [0.05, 0.1) is 7.11 Å². The van der Waals surface area contributed by atoms with E-state index in [0.717, 1.165) is 0 Å². The number of ether oxygens (including phenoxy) is 1. The standard InChI is InChI=1S/C5H8O2.C3H8/c1-4(2)5(6)7-3;1-3-2/h1H2,2-3H3;3H2,1-2H3. The van der Waals surface area contributed by atoms with Crippen molar-refractivity contribution in [2.24, 2.45) is 0 Å². The Morgan fingerprint density at radius 2 is 1.80 bits per heavy atom. The summed E-state index contributed by atoms with van der Waals surface area (Å²) in [7, 11) is 1.33. The molecule has 0 heterocycles. The molecule has 0 aliphatic carbocycles. The van der Waals surface area contributed by atoms with Gasteiger partial charge in [-0.3, -0.25) is 0 Å². The summed E-state index contributed by atoms with van der Waals surface area (Å²) in [5.74, 6) is -0.347. The van der Waals surface area contributed by atoms with Gasteiger partial charge in [0.2, 0.25) is 0 Å². The lowest BCUT2D eigenvalue weighted by Gasteiger charge is -1.91. The molecule has 2 heteroatoms.